The first-order valence-corrected chi connectivity index (χ1v) is 8.89. The van der Waals surface area contributed by atoms with Gasteiger partial charge in [0.05, 0.1) is 0 Å². The van der Waals surface area contributed by atoms with Crippen molar-refractivity contribution in [2.75, 3.05) is 6.61 Å². The van der Waals surface area contributed by atoms with Crippen molar-refractivity contribution >= 4 is 11.3 Å². The molecule has 1 N–H and O–H groups in total. The van der Waals surface area contributed by atoms with E-state index in [0.717, 1.165) is 18.8 Å². The Balaban J connectivity index is 2.01. The third kappa shape index (κ3) is 3.65. The predicted molar refractivity (Wildman–Crippen MR) is 88.3 cm³/mol. The van der Waals surface area contributed by atoms with E-state index < -0.39 is 0 Å². The molecule has 114 valence electrons. The zero-order valence-electron chi connectivity index (χ0n) is 13.5. The van der Waals surface area contributed by atoms with Crippen molar-refractivity contribution in [1.29, 1.82) is 0 Å². The molecule has 1 saturated carbocycles. The first-order valence-electron chi connectivity index (χ1n) is 8.07. The number of aliphatic hydroxyl groups is 1. The Morgan fingerprint density at radius 1 is 1.20 bits per heavy atom. The van der Waals surface area contributed by atoms with E-state index in [-0.39, 0.29) is 5.41 Å². The minimum absolute atomic E-state index is 0.150. The second-order valence-corrected chi connectivity index (χ2v) is 8.95. The standard InChI is InChI=1S/C18H30OS/c1-5-15-6-7-16(20-15)12-18(13-19)10-8-14(9-11-18)17(2,3)4/h6-7,14,19H,5,8-13H2,1-4H3. The molecule has 1 aromatic rings. The van der Waals surface area contributed by atoms with Crippen LogP contribution in [-0.2, 0) is 12.8 Å². The first-order chi connectivity index (χ1) is 9.38. The summed E-state index contributed by atoms with van der Waals surface area (Å²) in [4.78, 5) is 2.93. The zero-order chi connectivity index (χ0) is 14.8. The highest BCUT2D eigenvalue weighted by Crippen LogP contribution is 2.47. The molecule has 0 bridgehead atoms. The maximum absolute atomic E-state index is 9.96. The highest BCUT2D eigenvalue weighted by Gasteiger charge is 2.38. The van der Waals surface area contributed by atoms with Crippen LogP contribution in [0.25, 0.3) is 0 Å². The van der Waals surface area contributed by atoms with Crippen LogP contribution in [0.1, 0.15) is 63.1 Å². The molecular formula is C18H30OS. The van der Waals surface area contributed by atoms with Gasteiger partial charge >= 0.3 is 0 Å². The van der Waals surface area contributed by atoms with Crippen LogP contribution in [0.4, 0.5) is 0 Å². The highest BCUT2D eigenvalue weighted by molar-refractivity contribution is 7.11. The van der Waals surface area contributed by atoms with Gasteiger partial charge in [0.25, 0.3) is 0 Å². The summed E-state index contributed by atoms with van der Waals surface area (Å²) in [5.74, 6) is 0.816. The Labute approximate surface area is 128 Å². The SMILES string of the molecule is CCc1ccc(CC2(CO)CCC(C(C)(C)C)CC2)s1. The second-order valence-electron chi connectivity index (χ2n) is 7.70. The van der Waals surface area contributed by atoms with Crippen LogP contribution in [0.15, 0.2) is 12.1 Å². The lowest BCUT2D eigenvalue weighted by atomic mass is 9.63. The van der Waals surface area contributed by atoms with Crippen molar-refractivity contribution < 1.29 is 5.11 Å². The van der Waals surface area contributed by atoms with Gasteiger partial charge in [0.15, 0.2) is 0 Å². The van der Waals surface area contributed by atoms with Crippen LogP contribution in [0.2, 0.25) is 0 Å². The highest BCUT2D eigenvalue weighted by atomic mass is 32.1. The van der Waals surface area contributed by atoms with Gasteiger partial charge in [0.2, 0.25) is 0 Å². The summed E-state index contributed by atoms with van der Waals surface area (Å²) in [6.07, 6.45) is 7.12. The molecule has 1 aromatic heterocycles. The minimum atomic E-state index is 0.150. The molecule has 0 unspecified atom stereocenters. The largest absolute Gasteiger partial charge is 0.396 e. The van der Waals surface area contributed by atoms with Gasteiger partial charge in [-0.2, -0.15) is 0 Å². The molecule has 1 heterocycles. The lowest BCUT2D eigenvalue weighted by Crippen LogP contribution is -2.36. The summed E-state index contributed by atoms with van der Waals surface area (Å²) in [6, 6.07) is 4.53. The van der Waals surface area contributed by atoms with Gasteiger partial charge in [-0.25, -0.2) is 0 Å². The van der Waals surface area contributed by atoms with Gasteiger partial charge in [-0.3, -0.25) is 0 Å². The van der Waals surface area contributed by atoms with Gasteiger partial charge < -0.3 is 5.11 Å². The summed E-state index contributed by atoms with van der Waals surface area (Å²) in [7, 11) is 0. The van der Waals surface area contributed by atoms with Crippen LogP contribution >= 0.6 is 11.3 Å². The molecule has 0 saturated heterocycles. The molecule has 0 radical (unpaired) electrons. The van der Waals surface area contributed by atoms with Crippen LogP contribution in [-0.4, -0.2) is 11.7 Å². The molecule has 0 spiro atoms. The van der Waals surface area contributed by atoms with E-state index in [9.17, 15) is 5.11 Å². The van der Waals surface area contributed by atoms with Crippen LogP contribution < -0.4 is 0 Å². The molecule has 20 heavy (non-hydrogen) atoms. The van der Waals surface area contributed by atoms with E-state index in [1.807, 2.05) is 11.3 Å². The number of hydrogen-bond acceptors (Lipinski definition) is 2. The van der Waals surface area contributed by atoms with Gasteiger partial charge in [-0.05, 0) is 67.4 Å². The van der Waals surface area contributed by atoms with E-state index in [1.165, 1.54) is 35.4 Å². The fourth-order valence-electron chi connectivity index (χ4n) is 3.56. The summed E-state index contributed by atoms with van der Waals surface area (Å²) in [5.41, 5.74) is 0.567. The zero-order valence-corrected chi connectivity index (χ0v) is 14.4. The van der Waals surface area contributed by atoms with Gasteiger partial charge in [0.1, 0.15) is 0 Å². The Morgan fingerprint density at radius 3 is 2.25 bits per heavy atom. The molecule has 0 atom stereocenters. The Bertz CT molecular complexity index is 419. The van der Waals surface area contributed by atoms with Gasteiger partial charge in [-0.1, -0.05) is 27.7 Å². The minimum Gasteiger partial charge on any atom is -0.396 e. The van der Waals surface area contributed by atoms with E-state index in [0.29, 0.717) is 12.0 Å². The van der Waals surface area contributed by atoms with E-state index in [4.69, 9.17) is 0 Å². The normalized spacial score (nSPS) is 27.8. The fraction of sp³-hybridized carbons (Fsp3) is 0.778. The first kappa shape index (κ1) is 16.0. The second kappa shape index (κ2) is 6.19. The number of rotatable bonds is 4. The molecule has 0 amide bonds. The van der Waals surface area contributed by atoms with Crippen molar-refractivity contribution in [3.05, 3.63) is 21.9 Å². The molecule has 1 nitrogen and oxygen atoms in total. The molecule has 2 rings (SSSR count). The summed E-state index contributed by atoms with van der Waals surface area (Å²) >= 11 is 1.94. The molecule has 1 fully saturated rings. The smallest absolute Gasteiger partial charge is 0.0490 e. The van der Waals surface area contributed by atoms with E-state index >= 15 is 0 Å². The number of aryl methyl sites for hydroxylation is 1. The maximum atomic E-state index is 9.96. The lowest BCUT2D eigenvalue weighted by Gasteiger charge is -2.43. The summed E-state index contributed by atoms with van der Waals surface area (Å²) in [6.45, 7) is 9.64. The quantitative estimate of drug-likeness (QED) is 0.822. The molecule has 0 aromatic carbocycles. The molecule has 0 aliphatic heterocycles. The molecule has 1 aliphatic rings. The molecular weight excluding hydrogens is 264 g/mol. The van der Waals surface area contributed by atoms with Crippen molar-refractivity contribution in [3.8, 4) is 0 Å². The average Bonchev–Trinajstić information content (AvgIpc) is 2.85. The summed E-state index contributed by atoms with van der Waals surface area (Å²) < 4.78 is 0. The van der Waals surface area contributed by atoms with Crippen LogP contribution in [0.5, 0.6) is 0 Å². The third-order valence-corrected chi connectivity index (χ3v) is 6.45. The maximum Gasteiger partial charge on any atom is 0.0490 e. The number of hydrogen-bond donors (Lipinski definition) is 1. The van der Waals surface area contributed by atoms with Crippen molar-refractivity contribution in [2.45, 2.75) is 66.2 Å². The third-order valence-electron chi connectivity index (χ3n) is 5.22. The number of aliphatic hydroxyl groups excluding tert-OH is 1. The fourth-order valence-corrected chi connectivity index (χ4v) is 4.70. The summed E-state index contributed by atoms with van der Waals surface area (Å²) in [5, 5.41) is 9.96. The van der Waals surface area contributed by atoms with Crippen molar-refractivity contribution in [3.63, 3.8) is 0 Å². The van der Waals surface area contributed by atoms with Gasteiger partial charge in [-0.15, -0.1) is 11.3 Å². The van der Waals surface area contributed by atoms with E-state index in [2.05, 4.69) is 39.8 Å². The molecule has 2 heteroatoms. The Kier molecular flexibility index (Phi) is 4.96. The Morgan fingerprint density at radius 2 is 1.80 bits per heavy atom. The monoisotopic (exact) mass is 294 g/mol. The average molecular weight is 295 g/mol. The number of thiophene rings is 1. The van der Waals surface area contributed by atoms with Crippen molar-refractivity contribution in [2.24, 2.45) is 16.7 Å². The van der Waals surface area contributed by atoms with E-state index in [1.54, 1.807) is 0 Å². The van der Waals surface area contributed by atoms with Crippen LogP contribution in [0, 0.1) is 16.7 Å². The van der Waals surface area contributed by atoms with Crippen molar-refractivity contribution in [1.82, 2.24) is 0 Å². The lowest BCUT2D eigenvalue weighted by molar-refractivity contribution is 0.0375. The van der Waals surface area contributed by atoms with Gasteiger partial charge in [0, 0.05) is 16.4 Å². The molecule has 1 aliphatic carbocycles. The van der Waals surface area contributed by atoms with Crippen LogP contribution in [0.3, 0.4) is 0 Å². The predicted octanol–water partition coefficient (Wildman–Crippen LogP) is 5.07. The Hall–Kier alpha value is -0.340. The topological polar surface area (TPSA) is 20.2 Å².